The highest BCUT2D eigenvalue weighted by Gasteiger charge is 2.05. The summed E-state index contributed by atoms with van der Waals surface area (Å²) in [6.07, 6.45) is 6.22. The molecule has 0 aliphatic heterocycles. The van der Waals surface area contributed by atoms with Crippen molar-refractivity contribution in [1.29, 1.82) is 0 Å². The maximum Gasteiger partial charge on any atom is 0.348 e. The van der Waals surface area contributed by atoms with Gasteiger partial charge in [0.2, 0.25) is 0 Å². The number of rotatable bonds is 3. The molecule has 2 rings (SSSR count). The standard InChI is InChI=1S/C13H11N3O2/c1-2-8-15-12(17)9-14-16(13(15)18)10-11-6-4-3-5-7-11/h1,3-7,9H,8,10H2. The Morgan fingerprint density at radius 1 is 1.22 bits per heavy atom. The Kier molecular flexibility index (Phi) is 3.39. The molecule has 5 nitrogen and oxygen atoms in total. The summed E-state index contributed by atoms with van der Waals surface area (Å²) < 4.78 is 2.20. The van der Waals surface area contributed by atoms with Gasteiger partial charge in [0.15, 0.2) is 0 Å². The van der Waals surface area contributed by atoms with Gasteiger partial charge in [-0.05, 0) is 5.56 Å². The topological polar surface area (TPSA) is 56.9 Å². The molecule has 0 bridgehead atoms. The van der Waals surface area contributed by atoms with E-state index in [4.69, 9.17) is 6.42 Å². The summed E-state index contributed by atoms with van der Waals surface area (Å²) in [6.45, 7) is 0.263. The molecule has 0 N–H and O–H groups in total. The van der Waals surface area contributed by atoms with E-state index in [0.717, 1.165) is 16.3 Å². The molecular formula is C13H11N3O2. The minimum absolute atomic E-state index is 0.0467. The lowest BCUT2D eigenvalue weighted by Crippen LogP contribution is -2.40. The van der Waals surface area contributed by atoms with Gasteiger partial charge in [-0.3, -0.25) is 4.79 Å². The molecule has 1 aromatic heterocycles. The van der Waals surface area contributed by atoms with Gasteiger partial charge in [-0.1, -0.05) is 36.3 Å². The zero-order chi connectivity index (χ0) is 13.0. The van der Waals surface area contributed by atoms with Gasteiger partial charge in [0.25, 0.3) is 5.56 Å². The van der Waals surface area contributed by atoms with Crippen molar-refractivity contribution in [2.75, 3.05) is 0 Å². The summed E-state index contributed by atoms with van der Waals surface area (Å²) in [5.74, 6) is 2.28. The van der Waals surface area contributed by atoms with Crippen LogP contribution in [0.5, 0.6) is 0 Å². The average molecular weight is 241 g/mol. The monoisotopic (exact) mass is 241 g/mol. The Hall–Kier alpha value is -2.61. The highest BCUT2D eigenvalue weighted by molar-refractivity contribution is 5.14. The lowest BCUT2D eigenvalue weighted by Gasteiger charge is -2.06. The first kappa shape index (κ1) is 11.9. The second kappa shape index (κ2) is 5.15. The van der Waals surface area contributed by atoms with Crippen LogP contribution in [-0.4, -0.2) is 14.3 Å². The molecule has 0 radical (unpaired) electrons. The fourth-order valence-electron chi connectivity index (χ4n) is 1.57. The first-order valence-corrected chi connectivity index (χ1v) is 5.36. The summed E-state index contributed by atoms with van der Waals surface area (Å²) in [6, 6.07) is 9.39. The zero-order valence-electron chi connectivity index (χ0n) is 9.61. The Balaban J connectivity index is 2.42. The number of nitrogens with zero attached hydrogens (tertiary/aromatic N) is 3. The van der Waals surface area contributed by atoms with Crippen molar-refractivity contribution in [2.24, 2.45) is 0 Å². The van der Waals surface area contributed by atoms with E-state index in [0.29, 0.717) is 6.54 Å². The predicted molar refractivity (Wildman–Crippen MR) is 67.1 cm³/mol. The highest BCUT2D eigenvalue weighted by atomic mass is 16.2. The van der Waals surface area contributed by atoms with E-state index in [-0.39, 0.29) is 6.54 Å². The lowest BCUT2D eigenvalue weighted by molar-refractivity contribution is 0.548. The second-order valence-corrected chi connectivity index (χ2v) is 3.70. The Bertz CT molecular complexity index is 693. The van der Waals surface area contributed by atoms with Gasteiger partial charge in [-0.2, -0.15) is 5.10 Å². The van der Waals surface area contributed by atoms with Gasteiger partial charge in [0, 0.05) is 0 Å². The average Bonchev–Trinajstić information content (AvgIpc) is 2.39. The van der Waals surface area contributed by atoms with Crippen LogP contribution in [0.4, 0.5) is 0 Å². The van der Waals surface area contributed by atoms with Crippen LogP contribution in [0.2, 0.25) is 0 Å². The summed E-state index contributed by atoms with van der Waals surface area (Å²) in [4.78, 5) is 23.4. The molecule has 0 amide bonds. The Morgan fingerprint density at radius 2 is 1.94 bits per heavy atom. The minimum atomic E-state index is -0.496. The van der Waals surface area contributed by atoms with E-state index >= 15 is 0 Å². The van der Waals surface area contributed by atoms with Crippen molar-refractivity contribution in [3.8, 4) is 12.3 Å². The van der Waals surface area contributed by atoms with Crippen molar-refractivity contribution in [3.05, 3.63) is 62.9 Å². The van der Waals surface area contributed by atoms with E-state index in [2.05, 4.69) is 11.0 Å². The van der Waals surface area contributed by atoms with Crippen LogP contribution in [0.3, 0.4) is 0 Å². The van der Waals surface area contributed by atoms with Crippen molar-refractivity contribution in [2.45, 2.75) is 13.1 Å². The van der Waals surface area contributed by atoms with Crippen LogP contribution in [0.1, 0.15) is 5.56 Å². The fourth-order valence-corrected chi connectivity index (χ4v) is 1.57. The number of hydrogen-bond acceptors (Lipinski definition) is 3. The van der Waals surface area contributed by atoms with Crippen molar-refractivity contribution in [1.82, 2.24) is 14.3 Å². The fraction of sp³-hybridized carbons (Fsp3) is 0.154. The smallest absolute Gasteiger partial charge is 0.267 e. The molecule has 1 heterocycles. The van der Waals surface area contributed by atoms with E-state index in [1.165, 1.54) is 4.68 Å². The molecule has 0 saturated carbocycles. The molecule has 5 heteroatoms. The number of benzene rings is 1. The molecule has 0 aliphatic carbocycles. The van der Waals surface area contributed by atoms with Crippen molar-refractivity contribution >= 4 is 0 Å². The maximum absolute atomic E-state index is 12.0. The summed E-state index contributed by atoms with van der Waals surface area (Å²) in [7, 11) is 0. The third kappa shape index (κ3) is 2.38. The van der Waals surface area contributed by atoms with E-state index in [1.54, 1.807) is 0 Å². The SMILES string of the molecule is C#CCn1c(=O)cnn(Cc2ccccc2)c1=O. The molecule has 18 heavy (non-hydrogen) atoms. The Morgan fingerprint density at radius 3 is 2.61 bits per heavy atom. The van der Waals surface area contributed by atoms with Crippen molar-refractivity contribution < 1.29 is 0 Å². The molecule has 90 valence electrons. The van der Waals surface area contributed by atoms with Crippen LogP contribution in [0.25, 0.3) is 0 Å². The van der Waals surface area contributed by atoms with Crippen LogP contribution in [0.15, 0.2) is 46.1 Å². The van der Waals surface area contributed by atoms with E-state index in [9.17, 15) is 9.59 Å². The molecule has 0 atom stereocenters. The first-order valence-electron chi connectivity index (χ1n) is 5.36. The normalized spacial score (nSPS) is 9.94. The van der Waals surface area contributed by atoms with Gasteiger partial charge < -0.3 is 0 Å². The molecule has 0 spiro atoms. The predicted octanol–water partition coefficient (Wildman–Crippen LogP) is 0.0865. The Labute approximate surface area is 103 Å². The molecule has 0 saturated heterocycles. The van der Waals surface area contributed by atoms with Crippen LogP contribution < -0.4 is 11.2 Å². The molecule has 0 aliphatic rings. The van der Waals surface area contributed by atoms with Crippen LogP contribution in [-0.2, 0) is 13.1 Å². The maximum atomic E-state index is 12.0. The lowest BCUT2D eigenvalue weighted by atomic mass is 10.2. The highest BCUT2D eigenvalue weighted by Crippen LogP contribution is 1.98. The molecule has 1 aromatic carbocycles. The molecule has 0 fully saturated rings. The van der Waals surface area contributed by atoms with Gasteiger partial charge in [-0.25, -0.2) is 14.0 Å². The largest absolute Gasteiger partial charge is 0.348 e. The minimum Gasteiger partial charge on any atom is -0.267 e. The summed E-state index contributed by atoms with van der Waals surface area (Å²) in [5, 5.41) is 3.82. The van der Waals surface area contributed by atoms with Gasteiger partial charge in [0.1, 0.15) is 6.20 Å². The zero-order valence-corrected chi connectivity index (χ0v) is 9.61. The van der Waals surface area contributed by atoms with E-state index in [1.807, 2.05) is 30.3 Å². The quantitative estimate of drug-likeness (QED) is 0.715. The summed E-state index contributed by atoms with van der Waals surface area (Å²) >= 11 is 0. The number of aromatic nitrogens is 3. The number of hydrogen-bond donors (Lipinski definition) is 0. The van der Waals surface area contributed by atoms with Gasteiger partial charge in [-0.15, -0.1) is 6.42 Å². The summed E-state index contributed by atoms with van der Waals surface area (Å²) in [5.41, 5.74) is -0.0513. The molecular weight excluding hydrogens is 230 g/mol. The van der Waals surface area contributed by atoms with Gasteiger partial charge in [0.05, 0.1) is 13.1 Å². The van der Waals surface area contributed by atoms with Crippen LogP contribution >= 0.6 is 0 Å². The third-order valence-corrected chi connectivity index (χ3v) is 2.45. The number of terminal acetylenes is 1. The van der Waals surface area contributed by atoms with Crippen LogP contribution in [0, 0.1) is 12.3 Å². The first-order chi connectivity index (χ1) is 8.72. The van der Waals surface area contributed by atoms with Gasteiger partial charge >= 0.3 is 5.69 Å². The van der Waals surface area contributed by atoms with Crippen molar-refractivity contribution in [3.63, 3.8) is 0 Å². The molecule has 0 unspecified atom stereocenters. The van der Waals surface area contributed by atoms with E-state index < -0.39 is 11.2 Å². The second-order valence-electron chi connectivity index (χ2n) is 3.70. The third-order valence-electron chi connectivity index (χ3n) is 2.45. The molecule has 2 aromatic rings.